The van der Waals surface area contributed by atoms with Gasteiger partial charge in [-0.1, -0.05) is 0 Å². The summed E-state index contributed by atoms with van der Waals surface area (Å²) in [5.41, 5.74) is -0.326. The quantitative estimate of drug-likeness (QED) is 0.651. The minimum atomic E-state index is -0.326. The molecule has 2 rings (SSSR count). The number of esters is 1. The van der Waals surface area contributed by atoms with Crippen LogP contribution in [-0.2, 0) is 14.3 Å². The van der Waals surface area contributed by atoms with Crippen molar-refractivity contribution in [3.63, 3.8) is 0 Å². The summed E-state index contributed by atoms with van der Waals surface area (Å²) in [6.07, 6.45) is 1.97. The predicted octanol–water partition coefficient (Wildman–Crippen LogP) is 0.318. The molecule has 2 aliphatic rings. The lowest BCUT2D eigenvalue weighted by Gasteiger charge is -2.35. The lowest BCUT2D eigenvalue weighted by molar-refractivity contribution is -0.183. The lowest BCUT2D eigenvalue weighted by atomic mass is 9.83. The highest BCUT2D eigenvalue weighted by molar-refractivity contribution is 5.77. The zero-order valence-corrected chi connectivity index (χ0v) is 8.54. The maximum atomic E-state index is 11.8. The second kappa shape index (κ2) is 3.87. The molecule has 2 heterocycles. The minimum absolute atomic E-state index is 0.00116. The summed E-state index contributed by atoms with van der Waals surface area (Å²) in [6.45, 7) is 4.85. The SMILES string of the molecule is CC1(C(=O)OC2COC2)CCCNC1. The van der Waals surface area contributed by atoms with Crippen molar-refractivity contribution in [1.82, 2.24) is 5.32 Å². The molecular weight excluding hydrogens is 182 g/mol. The molecule has 2 saturated heterocycles. The first-order valence-electron chi connectivity index (χ1n) is 5.20. The summed E-state index contributed by atoms with van der Waals surface area (Å²) in [7, 11) is 0. The second-order valence-electron chi connectivity index (χ2n) is 4.41. The molecule has 0 radical (unpaired) electrons. The van der Waals surface area contributed by atoms with Crippen molar-refractivity contribution in [2.75, 3.05) is 26.3 Å². The molecule has 0 aromatic heterocycles. The number of carbonyl (C=O) groups is 1. The van der Waals surface area contributed by atoms with Crippen LogP contribution in [0.25, 0.3) is 0 Å². The largest absolute Gasteiger partial charge is 0.457 e. The predicted molar refractivity (Wildman–Crippen MR) is 50.9 cm³/mol. The van der Waals surface area contributed by atoms with Crippen LogP contribution in [0.1, 0.15) is 19.8 Å². The molecule has 0 aromatic rings. The number of hydrogen-bond donors (Lipinski definition) is 1. The monoisotopic (exact) mass is 199 g/mol. The van der Waals surface area contributed by atoms with E-state index >= 15 is 0 Å². The molecular formula is C10H17NO3. The maximum absolute atomic E-state index is 11.8. The van der Waals surface area contributed by atoms with Gasteiger partial charge in [0.05, 0.1) is 18.6 Å². The van der Waals surface area contributed by atoms with E-state index in [-0.39, 0.29) is 17.5 Å². The number of ether oxygens (including phenoxy) is 2. The van der Waals surface area contributed by atoms with E-state index in [9.17, 15) is 4.79 Å². The molecule has 0 aliphatic carbocycles. The molecule has 0 amide bonds. The van der Waals surface area contributed by atoms with E-state index in [4.69, 9.17) is 9.47 Å². The first-order chi connectivity index (χ1) is 6.71. The standard InChI is InChI=1S/C10H17NO3/c1-10(3-2-4-11-7-10)9(12)14-8-5-13-6-8/h8,11H,2-7H2,1H3. The van der Waals surface area contributed by atoms with Gasteiger partial charge in [0, 0.05) is 6.54 Å². The number of carbonyl (C=O) groups excluding carboxylic acids is 1. The van der Waals surface area contributed by atoms with Crippen molar-refractivity contribution in [2.24, 2.45) is 5.41 Å². The number of rotatable bonds is 2. The molecule has 1 unspecified atom stereocenters. The molecule has 0 bridgehead atoms. The Labute approximate surface area is 84.0 Å². The normalized spacial score (nSPS) is 33.5. The third-order valence-electron chi connectivity index (χ3n) is 2.97. The van der Waals surface area contributed by atoms with Gasteiger partial charge in [0.25, 0.3) is 0 Å². The van der Waals surface area contributed by atoms with Crippen LogP contribution in [0.3, 0.4) is 0 Å². The molecule has 80 valence electrons. The second-order valence-corrected chi connectivity index (χ2v) is 4.41. The van der Waals surface area contributed by atoms with Crippen LogP contribution in [-0.4, -0.2) is 38.4 Å². The van der Waals surface area contributed by atoms with Gasteiger partial charge in [-0.25, -0.2) is 0 Å². The zero-order chi connectivity index (χ0) is 10.0. The van der Waals surface area contributed by atoms with Gasteiger partial charge < -0.3 is 14.8 Å². The lowest BCUT2D eigenvalue weighted by Crippen LogP contribution is -2.48. The zero-order valence-electron chi connectivity index (χ0n) is 8.54. The molecule has 4 nitrogen and oxygen atoms in total. The van der Waals surface area contributed by atoms with Crippen LogP contribution in [0.4, 0.5) is 0 Å². The van der Waals surface area contributed by atoms with Gasteiger partial charge in [-0.15, -0.1) is 0 Å². The van der Waals surface area contributed by atoms with Crippen molar-refractivity contribution >= 4 is 5.97 Å². The average Bonchev–Trinajstić information content (AvgIpc) is 2.12. The number of hydrogen-bond acceptors (Lipinski definition) is 4. The van der Waals surface area contributed by atoms with Crippen molar-refractivity contribution in [1.29, 1.82) is 0 Å². The Morgan fingerprint density at radius 1 is 1.57 bits per heavy atom. The van der Waals surface area contributed by atoms with Crippen LogP contribution in [0.2, 0.25) is 0 Å². The van der Waals surface area contributed by atoms with Gasteiger partial charge in [0.2, 0.25) is 0 Å². The smallest absolute Gasteiger partial charge is 0.313 e. The summed E-state index contributed by atoms with van der Waals surface area (Å²) in [4.78, 5) is 11.8. The Morgan fingerprint density at radius 3 is 2.86 bits per heavy atom. The molecule has 1 N–H and O–H groups in total. The fourth-order valence-corrected chi connectivity index (χ4v) is 1.81. The number of nitrogens with one attached hydrogen (secondary N) is 1. The van der Waals surface area contributed by atoms with Crippen molar-refractivity contribution < 1.29 is 14.3 Å². The van der Waals surface area contributed by atoms with Crippen LogP contribution in [0.5, 0.6) is 0 Å². The first-order valence-corrected chi connectivity index (χ1v) is 5.20. The average molecular weight is 199 g/mol. The molecule has 0 saturated carbocycles. The van der Waals surface area contributed by atoms with E-state index in [0.29, 0.717) is 13.2 Å². The van der Waals surface area contributed by atoms with E-state index in [2.05, 4.69) is 5.32 Å². The summed E-state index contributed by atoms with van der Waals surface area (Å²) in [6, 6.07) is 0. The van der Waals surface area contributed by atoms with Crippen LogP contribution in [0, 0.1) is 5.41 Å². The van der Waals surface area contributed by atoms with Gasteiger partial charge >= 0.3 is 5.97 Å². The molecule has 4 heteroatoms. The van der Waals surface area contributed by atoms with E-state index in [0.717, 1.165) is 25.9 Å². The van der Waals surface area contributed by atoms with Crippen molar-refractivity contribution in [3.05, 3.63) is 0 Å². The highest BCUT2D eigenvalue weighted by Crippen LogP contribution is 2.28. The summed E-state index contributed by atoms with van der Waals surface area (Å²) < 4.78 is 10.3. The van der Waals surface area contributed by atoms with Gasteiger partial charge in [-0.05, 0) is 26.3 Å². The fourth-order valence-electron chi connectivity index (χ4n) is 1.81. The summed E-state index contributed by atoms with van der Waals surface area (Å²) in [5.74, 6) is -0.0713. The van der Waals surface area contributed by atoms with E-state index in [1.54, 1.807) is 0 Å². The Bertz CT molecular complexity index is 219. The van der Waals surface area contributed by atoms with Gasteiger partial charge in [0.1, 0.15) is 6.10 Å². The van der Waals surface area contributed by atoms with Gasteiger partial charge in [-0.2, -0.15) is 0 Å². The molecule has 0 aromatic carbocycles. The Morgan fingerprint density at radius 2 is 2.36 bits per heavy atom. The molecule has 2 fully saturated rings. The first kappa shape index (κ1) is 9.93. The topological polar surface area (TPSA) is 47.6 Å². The third-order valence-corrected chi connectivity index (χ3v) is 2.97. The molecule has 1 atom stereocenters. The molecule has 14 heavy (non-hydrogen) atoms. The Balaban J connectivity index is 1.87. The van der Waals surface area contributed by atoms with Crippen molar-refractivity contribution in [3.8, 4) is 0 Å². The third kappa shape index (κ3) is 1.91. The summed E-state index contributed by atoms with van der Waals surface area (Å²) in [5, 5.41) is 3.23. The van der Waals surface area contributed by atoms with E-state index < -0.39 is 0 Å². The molecule has 0 spiro atoms. The Hall–Kier alpha value is -0.610. The molecule has 2 aliphatic heterocycles. The fraction of sp³-hybridized carbons (Fsp3) is 0.900. The van der Waals surface area contributed by atoms with Crippen LogP contribution < -0.4 is 5.32 Å². The van der Waals surface area contributed by atoms with Gasteiger partial charge in [0.15, 0.2) is 0 Å². The minimum Gasteiger partial charge on any atom is -0.457 e. The Kier molecular flexibility index (Phi) is 2.74. The highest BCUT2D eigenvalue weighted by atomic mass is 16.6. The summed E-state index contributed by atoms with van der Waals surface area (Å²) >= 11 is 0. The van der Waals surface area contributed by atoms with Crippen LogP contribution >= 0.6 is 0 Å². The van der Waals surface area contributed by atoms with E-state index in [1.807, 2.05) is 6.92 Å². The van der Waals surface area contributed by atoms with Crippen LogP contribution in [0.15, 0.2) is 0 Å². The van der Waals surface area contributed by atoms with E-state index in [1.165, 1.54) is 0 Å². The number of piperidine rings is 1. The van der Waals surface area contributed by atoms with Gasteiger partial charge in [-0.3, -0.25) is 4.79 Å². The van der Waals surface area contributed by atoms with Crippen molar-refractivity contribution in [2.45, 2.75) is 25.9 Å². The highest BCUT2D eigenvalue weighted by Gasteiger charge is 2.38. The maximum Gasteiger partial charge on any atom is 0.313 e.